The Kier molecular flexibility index (Phi) is 5.07. The molecule has 2 unspecified atom stereocenters. The van der Waals surface area contributed by atoms with E-state index in [1.165, 1.54) is 23.1 Å². The van der Waals surface area contributed by atoms with Gasteiger partial charge in [0.1, 0.15) is 0 Å². The van der Waals surface area contributed by atoms with Gasteiger partial charge in [0, 0.05) is 16.8 Å². The van der Waals surface area contributed by atoms with Crippen molar-refractivity contribution in [2.45, 2.75) is 25.2 Å². The summed E-state index contributed by atoms with van der Waals surface area (Å²) >= 11 is 2.82. The number of thiazole rings is 1. The van der Waals surface area contributed by atoms with Crippen molar-refractivity contribution in [2.24, 2.45) is 0 Å². The molecular formula is C9H14N2O2S2. The third-order valence-corrected chi connectivity index (χ3v) is 3.87. The summed E-state index contributed by atoms with van der Waals surface area (Å²) in [6.07, 6.45) is 1.24. The monoisotopic (exact) mass is 246 g/mol. The molecule has 1 heterocycles. The quantitative estimate of drug-likeness (QED) is 0.828. The topological polar surface area (TPSA) is 62.2 Å². The number of aliphatic hydroxyl groups excluding tert-OH is 1. The van der Waals surface area contributed by atoms with Crippen LogP contribution in [0.15, 0.2) is 11.6 Å². The Labute approximate surface area is 97.1 Å². The van der Waals surface area contributed by atoms with Gasteiger partial charge in [-0.05, 0) is 6.92 Å². The van der Waals surface area contributed by atoms with Crippen LogP contribution in [0, 0.1) is 0 Å². The lowest BCUT2D eigenvalue weighted by Crippen LogP contribution is -2.20. The Bertz CT molecular complexity index is 301. The van der Waals surface area contributed by atoms with Gasteiger partial charge in [0.2, 0.25) is 5.91 Å². The molecule has 1 rings (SSSR count). The van der Waals surface area contributed by atoms with Crippen molar-refractivity contribution in [1.29, 1.82) is 0 Å². The normalized spacial score (nSPS) is 14.6. The molecule has 0 aromatic carbocycles. The van der Waals surface area contributed by atoms with Gasteiger partial charge in [0.15, 0.2) is 5.13 Å². The maximum atomic E-state index is 11.4. The van der Waals surface area contributed by atoms with E-state index in [9.17, 15) is 9.90 Å². The second-order valence-corrected chi connectivity index (χ2v) is 5.40. The largest absolute Gasteiger partial charge is 0.392 e. The van der Waals surface area contributed by atoms with Crippen LogP contribution in [0.1, 0.15) is 13.8 Å². The zero-order chi connectivity index (χ0) is 11.3. The van der Waals surface area contributed by atoms with Crippen molar-refractivity contribution in [3.05, 3.63) is 11.6 Å². The number of nitrogens with one attached hydrogen (secondary N) is 1. The third-order valence-electron chi connectivity index (χ3n) is 1.84. The van der Waals surface area contributed by atoms with Crippen molar-refractivity contribution in [2.75, 3.05) is 11.1 Å². The highest BCUT2D eigenvalue weighted by molar-refractivity contribution is 8.00. The average molecular weight is 246 g/mol. The van der Waals surface area contributed by atoms with Crippen LogP contribution in [0.4, 0.5) is 5.13 Å². The molecule has 0 aliphatic rings. The van der Waals surface area contributed by atoms with Crippen molar-refractivity contribution in [3.63, 3.8) is 0 Å². The molecule has 15 heavy (non-hydrogen) atoms. The van der Waals surface area contributed by atoms with Crippen LogP contribution in [0.2, 0.25) is 0 Å². The molecule has 0 radical (unpaired) electrons. The van der Waals surface area contributed by atoms with Gasteiger partial charge >= 0.3 is 0 Å². The zero-order valence-electron chi connectivity index (χ0n) is 8.64. The Hall–Kier alpha value is -0.590. The molecule has 2 N–H and O–H groups in total. The van der Waals surface area contributed by atoms with Crippen LogP contribution in [0.5, 0.6) is 0 Å². The molecule has 1 aromatic rings. The standard InChI is InChI=1S/C9H14N2O2S2/c1-6(12)7(2)15-5-8(13)11-9-10-3-4-14-9/h3-4,6-7,12H,5H2,1-2H3,(H,10,11,13). The van der Waals surface area contributed by atoms with E-state index in [0.717, 1.165) is 0 Å². The van der Waals surface area contributed by atoms with E-state index in [2.05, 4.69) is 10.3 Å². The van der Waals surface area contributed by atoms with Crippen LogP contribution in [-0.4, -0.2) is 33.1 Å². The lowest BCUT2D eigenvalue weighted by molar-refractivity contribution is -0.113. The molecule has 6 heteroatoms. The summed E-state index contributed by atoms with van der Waals surface area (Å²) in [5, 5.41) is 14.4. The number of anilines is 1. The molecule has 0 bridgehead atoms. The first-order valence-corrected chi connectivity index (χ1v) is 6.51. The average Bonchev–Trinajstić information content (AvgIpc) is 2.66. The number of aliphatic hydroxyl groups is 1. The lowest BCUT2D eigenvalue weighted by Gasteiger charge is -2.13. The van der Waals surface area contributed by atoms with Crippen LogP contribution in [0.25, 0.3) is 0 Å². The molecular weight excluding hydrogens is 232 g/mol. The van der Waals surface area contributed by atoms with Gasteiger partial charge in [0.25, 0.3) is 0 Å². The number of carbonyl (C=O) groups is 1. The van der Waals surface area contributed by atoms with E-state index in [0.29, 0.717) is 10.9 Å². The predicted molar refractivity (Wildman–Crippen MR) is 64.3 cm³/mol. The summed E-state index contributed by atoms with van der Waals surface area (Å²) in [4.78, 5) is 15.3. The fraction of sp³-hybridized carbons (Fsp3) is 0.556. The van der Waals surface area contributed by atoms with Crippen LogP contribution >= 0.6 is 23.1 Å². The molecule has 0 aliphatic carbocycles. The molecule has 0 saturated heterocycles. The minimum absolute atomic E-state index is 0.0621. The molecule has 2 atom stereocenters. The van der Waals surface area contributed by atoms with Crippen molar-refractivity contribution >= 4 is 34.1 Å². The van der Waals surface area contributed by atoms with Gasteiger partial charge in [-0.1, -0.05) is 6.92 Å². The van der Waals surface area contributed by atoms with E-state index >= 15 is 0 Å². The van der Waals surface area contributed by atoms with E-state index in [1.807, 2.05) is 6.92 Å². The third kappa shape index (κ3) is 4.63. The van der Waals surface area contributed by atoms with Crippen LogP contribution in [0.3, 0.4) is 0 Å². The predicted octanol–water partition coefficient (Wildman–Crippen LogP) is 1.58. The molecule has 0 aliphatic heterocycles. The first-order valence-electron chi connectivity index (χ1n) is 4.58. The summed E-state index contributed by atoms with van der Waals surface area (Å²) in [6, 6.07) is 0. The highest BCUT2D eigenvalue weighted by Crippen LogP contribution is 2.15. The maximum Gasteiger partial charge on any atom is 0.236 e. The first-order chi connectivity index (χ1) is 7.09. The minimum Gasteiger partial charge on any atom is -0.392 e. The number of nitrogens with zero attached hydrogens (tertiary/aromatic N) is 1. The molecule has 0 spiro atoms. The van der Waals surface area contributed by atoms with Gasteiger partial charge in [-0.15, -0.1) is 23.1 Å². The lowest BCUT2D eigenvalue weighted by atomic mass is 10.3. The highest BCUT2D eigenvalue weighted by Gasteiger charge is 2.12. The van der Waals surface area contributed by atoms with Crippen molar-refractivity contribution < 1.29 is 9.90 Å². The van der Waals surface area contributed by atoms with Crippen molar-refractivity contribution in [1.82, 2.24) is 4.98 Å². The molecule has 1 amide bonds. The van der Waals surface area contributed by atoms with E-state index in [1.54, 1.807) is 18.5 Å². The molecule has 0 fully saturated rings. The Morgan fingerprint density at radius 2 is 2.47 bits per heavy atom. The Morgan fingerprint density at radius 1 is 1.73 bits per heavy atom. The van der Waals surface area contributed by atoms with Crippen molar-refractivity contribution in [3.8, 4) is 0 Å². The number of hydrogen-bond acceptors (Lipinski definition) is 5. The van der Waals surface area contributed by atoms with Crippen LogP contribution in [-0.2, 0) is 4.79 Å². The van der Waals surface area contributed by atoms with E-state index in [4.69, 9.17) is 0 Å². The zero-order valence-corrected chi connectivity index (χ0v) is 10.3. The highest BCUT2D eigenvalue weighted by atomic mass is 32.2. The Balaban J connectivity index is 2.25. The first kappa shape index (κ1) is 12.5. The summed E-state index contributed by atoms with van der Waals surface area (Å²) in [6.45, 7) is 3.61. The SMILES string of the molecule is CC(O)C(C)SCC(=O)Nc1nccs1. The van der Waals surface area contributed by atoms with E-state index < -0.39 is 6.10 Å². The number of amides is 1. The van der Waals surface area contributed by atoms with Gasteiger partial charge in [-0.2, -0.15) is 0 Å². The summed E-state index contributed by atoms with van der Waals surface area (Å²) in [7, 11) is 0. The number of hydrogen-bond donors (Lipinski definition) is 2. The van der Waals surface area contributed by atoms with E-state index in [-0.39, 0.29) is 11.2 Å². The second-order valence-electron chi connectivity index (χ2n) is 3.14. The molecule has 84 valence electrons. The van der Waals surface area contributed by atoms with Gasteiger partial charge in [-0.3, -0.25) is 4.79 Å². The minimum atomic E-state index is -0.400. The number of carbonyl (C=O) groups excluding carboxylic acids is 1. The van der Waals surface area contributed by atoms with Gasteiger partial charge in [0.05, 0.1) is 11.9 Å². The maximum absolute atomic E-state index is 11.4. The second kappa shape index (κ2) is 6.09. The fourth-order valence-electron chi connectivity index (χ4n) is 0.787. The Morgan fingerprint density at radius 3 is 3.00 bits per heavy atom. The summed E-state index contributed by atoms with van der Waals surface area (Å²) in [5.74, 6) is 0.258. The smallest absolute Gasteiger partial charge is 0.236 e. The molecule has 1 aromatic heterocycles. The summed E-state index contributed by atoms with van der Waals surface area (Å²) in [5.41, 5.74) is 0. The van der Waals surface area contributed by atoms with Gasteiger partial charge in [-0.25, -0.2) is 4.98 Å². The van der Waals surface area contributed by atoms with Gasteiger partial charge < -0.3 is 10.4 Å². The fourth-order valence-corrected chi connectivity index (χ4v) is 2.10. The number of rotatable bonds is 5. The van der Waals surface area contributed by atoms with Crippen LogP contribution < -0.4 is 5.32 Å². The number of thioether (sulfide) groups is 1. The summed E-state index contributed by atoms with van der Waals surface area (Å²) < 4.78 is 0. The molecule has 0 saturated carbocycles. The molecule has 4 nitrogen and oxygen atoms in total. The number of aromatic nitrogens is 1.